The summed E-state index contributed by atoms with van der Waals surface area (Å²) >= 11 is 0. The van der Waals surface area contributed by atoms with E-state index in [9.17, 15) is 9.59 Å². The van der Waals surface area contributed by atoms with Gasteiger partial charge in [0.15, 0.2) is 5.78 Å². The van der Waals surface area contributed by atoms with Crippen LogP contribution in [0.25, 0.3) is 0 Å². The Bertz CT molecular complexity index is 517. The second kappa shape index (κ2) is 6.18. The Morgan fingerprint density at radius 1 is 1.37 bits per heavy atom. The minimum Gasteiger partial charge on any atom is -0.489 e. The number of rotatable bonds is 5. The summed E-state index contributed by atoms with van der Waals surface area (Å²) < 4.78 is 10.3. The molecular formula is C15H16O4. The molecule has 0 aromatic heterocycles. The van der Waals surface area contributed by atoms with Crippen LogP contribution in [0.5, 0.6) is 5.75 Å². The zero-order valence-corrected chi connectivity index (χ0v) is 10.8. The lowest BCUT2D eigenvalue weighted by Gasteiger charge is -2.08. The molecule has 0 N–H and O–H groups in total. The molecule has 0 bridgehead atoms. The van der Waals surface area contributed by atoms with Gasteiger partial charge in [-0.25, -0.2) is 4.79 Å². The maximum Gasteiger partial charge on any atom is 0.330 e. The second-order valence-electron chi connectivity index (χ2n) is 4.17. The third kappa shape index (κ3) is 3.22. The van der Waals surface area contributed by atoms with E-state index >= 15 is 0 Å². The highest BCUT2D eigenvalue weighted by Gasteiger charge is 2.22. The molecule has 2 rings (SSSR count). The zero-order valence-electron chi connectivity index (χ0n) is 10.8. The lowest BCUT2D eigenvalue weighted by molar-refractivity contribution is -0.137. The molecule has 100 valence electrons. The third-order valence-corrected chi connectivity index (χ3v) is 2.91. The van der Waals surface area contributed by atoms with Crippen molar-refractivity contribution in [2.75, 3.05) is 13.2 Å². The predicted octanol–water partition coefficient (Wildman–Crippen LogP) is 2.31. The van der Waals surface area contributed by atoms with Gasteiger partial charge in [-0.3, -0.25) is 4.79 Å². The molecule has 4 heteroatoms. The van der Waals surface area contributed by atoms with Crippen LogP contribution in [0.1, 0.15) is 29.3 Å². The number of esters is 1. The van der Waals surface area contributed by atoms with Gasteiger partial charge in [0.05, 0.1) is 6.61 Å². The fourth-order valence-electron chi connectivity index (χ4n) is 2.07. The van der Waals surface area contributed by atoms with Gasteiger partial charge in [0.25, 0.3) is 0 Å². The van der Waals surface area contributed by atoms with Gasteiger partial charge >= 0.3 is 5.97 Å². The monoisotopic (exact) mass is 260 g/mol. The van der Waals surface area contributed by atoms with Gasteiger partial charge in [-0.05, 0) is 25.5 Å². The molecule has 0 heterocycles. The molecule has 0 unspecified atom stereocenters. The summed E-state index contributed by atoms with van der Waals surface area (Å²) in [4.78, 5) is 22.7. The van der Waals surface area contributed by atoms with E-state index in [1.165, 1.54) is 6.08 Å². The Morgan fingerprint density at radius 2 is 2.21 bits per heavy atom. The van der Waals surface area contributed by atoms with Gasteiger partial charge in [0.2, 0.25) is 0 Å². The van der Waals surface area contributed by atoms with E-state index in [1.54, 1.807) is 13.0 Å². The Morgan fingerprint density at radius 3 is 3.00 bits per heavy atom. The van der Waals surface area contributed by atoms with Crippen molar-refractivity contribution in [3.63, 3.8) is 0 Å². The van der Waals surface area contributed by atoms with E-state index in [-0.39, 0.29) is 18.4 Å². The van der Waals surface area contributed by atoms with Gasteiger partial charge in [0, 0.05) is 23.6 Å². The van der Waals surface area contributed by atoms with Crippen molar-refractivity contribution in [3.05, 3.63) is 41.5 Å². The Hall–Kier alpha value is -2.10. The van der Waals surface area contributed by atoms with Crippen LogP contribution in [-0.2, 0) is 16.0 Å². The minimum atomic E-state index is -0.375. The summed E-state index contributed by atoms with van der Waals surface area (Å²) in [6.45, 7) is 2.40. The summed E-state index contributed by atoms with van der Waals surface area (Å²) in [5, 5.41) is 0. The molecule has 0 fully saturated rings. The van der Waals surface area contributed by atoms with Gasteiger partial charge in [-0.1, -0.05) is 12.1 Å². The summed E-state index contributed by atoms with van der Waals surface area (Å²) in [5.74, 6) is 0.513. The molecule has 1 aliphatic carbocycles. The molecule has 1 aromatic carbocycles. The van der Waals surface area contributed by atoms with E-state index in [0.29, 0.717) is 13.0 Å². The van der Waals surface area contributed by atoms with E-state index in [2.05, 4.69) is 0 Å². The summed E-state index contributed by atoms with van der Waals surface area (Å²) in [7, 11) is 0. The van der Waals surface area contributed by atoms with Crippen LogP contribution in [0.15, 0.2) is 30.4 Å². The molecule has 19 heavy (non-hydrogen) atoms. The smallest absolute Gasteiger partial charge is 0.330 e. The molecule has 0 radical (unpaired) electrons. The highest BCUT2D eigenvalue weighted by Crippen LogP contribution is 2.30. The molecule has 4 nitrogen and oxygen atoms in total. The number of benzene rings is 1. The summed E-state index contributed by atoms with van der Waals surface area (Å²) in [5.41, 5.74) is 1.73. The zero-order chi connectivity index (χ0) is 13.7. The van der Waals surface area contributed by atoms with Gasteiger partial charge in [-0.2, -0.15) is 0 Å². The first kappa shape index (κ1) is 13.3. The summed E-state index contributed by atoms with van der Waals surface area (Å²) in [6, 6.07) is 5.48. The van der Waals surface area contributed by atoms with Crippen LogP contribution in [0.4, 0.5) is 0 Å². The Kier molecular flexibility index (Phi) is 4.34. The maximum atomic E-state index is 11.6. The third-order valence-electron chi connectivity index (χ3n) is 2.91. The first-order chi connectivity index (χ1) is 9.22. The standard InChI is InChI=1S/C15H16O4/c1-2-18-15(17)7-4-10-19-14-6-3-5-11-12(14)8-9-13(11)16/h3-7H,2,8-10H2,1H3/b7-4+. The van der Waals surface area contributed by atoms with Crippen LogP contribution in [0.3, 0.4) is 0 Å². The van der Waals surface area contributed by atoms with Crippen molar-refractivity contribution in [2.24, 2.45) is 0 Å². The van der Waals surface area contributed by atoms with E-state index in [1.807, 2.05) is 18.2 Å². The lowest BCUT2D eigenvalue weighted by Crippen LogP contribution is -2.02. The SMILES string of the molecule is CCOC(=O)/C=C/COc1cccc2c1CCC2=O. The molecular weight excluding hydrogens is 244 g/mol. The molecule has 0 saturated carbocycles. The average molecular weight is 260 g/mol. The Labute approximate surface area is 112 Å². The average Bonchev–Trinajstić information content (AvgIpc) is 2.78. The van der Waals surface area contributed by atoms with Crippen molar-refractivity contribution in [2.45, 2.75) is 19.8 Å². The molecule has 0 spiro atoms. The van der Waals surface area contributed by atoms with Gasteiger partial charge in [-0.15, -0.1) is 0 Å². The number of fused-ring (bicyclic) bond motifs is 1. The molecule has 0 aliphatic heterocycles. The molecule has 0 amide bonds. The predicted molar refractivity (Wildman–Crippen MR) is 70.4 cm³/mol. The van der Waals surface area contributed by atoms with Crippen LogP contribution in [0, 0.1) is 0 Å². The number of hydrogen-bond donors (Lipinski definition) is 0. The number of hydrogen-bond acceptors (Lipinski definition) is 4. The number of Topliss-reactive ketones (excluding diaryl/α,β-unsaturated/α-hetero) is 1. The minimum absolute atomic E-state index is 0.169. The van der Waals surface area contributed by atoms with Gasteiger partial charge in [0.1, 0.15) is 12.4 Å². The van der Waals surface area contributed by atoms with Crippen molar-refractivity contribution >= 4 is 11.8 Å². The first-order valence-corrected chi connectivity index (χ1v) is 6.33. The quantitative estimate of drug-likeness (QED) is 0.602. The normalized spacial score (nSPS) is 13.6. The molecule has 1 aliphatic rings. The highest BCUT2D eigenvalue weighted by atomic mass is 16.5. The largest absolute Gasteiger partial charge is 0.489 e. The van der Waals surface area contributed by atoms with Crippen molar-refractivity contribution in [1.29, 1.82) is 0 Å². The fourth-order valence-corrected chi connectivity index (χ4v) is 2.07. The summed E-state index contributed by atoms with van der Waals surface area (Å²) in [6.07, 6.45) is 4.23. The second-order valence-corrected chi connectivity index (χ2v) is 4.17. The van der Waals surface area contributed by atoms with Crippen LogP contribution in [0.2, 0.25) is 0 Å². The van der Waals surface area contributed by atoms with E-state index in [0.717, 1.165) is 23.3 Å². The topological polar surface area (TPSA) is 52.6 Å². The van der Waals surface area contributed by atoms with Crippen LogP contribution >= 0.6 is 0 Å². The van der Waals surface area contributed by atoms with Crippen molar-refractivity contribution < 1.29 is 19.1 Å². The van der Waals surface area contributed by atoms with E-state index < -0.39 is 0 Å². The fraction of sp³-hybridized carbons (Fsp3) is 0.333. The van der Waals surface area contributed by atoms with Gasteiger partial charge < -0.3 is 9.47 Å². The van der Waals surface area contributed by atoms with Crippen LogP contribution < -0.4 is 4.74 Å². The molecule has 1 aromatic rings. The first-order valence-electron chi connectivity index (χ1n) is 6.33. The lowest BCUT2D eigenvalue weighted by atomic mass is 10.1. The number of carbonyl (C=O) groups is 2. The van der Waals surface area contributed by atoms with Crippen molar-refractivity contribution in [3.8, 4) is 5.75 Å². The number of ether oxygens (including phenoxy) is 2. The maximum absolute atomic E-state index is 11.6. The van der Waals surface area contributed by atoms with Crippen LogP contribution in [-0.4, -0.2) is 25.0 Å². The van der Waals surface area contributed by atoms with Crippen molar-refractivity contribution in [1.82, 2.24) is 0 Å². The Balaban J connectivity index is 1.94. The van der Waals surface area contributed by atoms with E-state index in [4.69, 9.17) is 9.47 Å². The molecule has 0 saturated heterocycles. The number of carbonyl (C=O) groups excluding carboxylic acids is 2. The molecule has 0 atom stereocenters. The highest BCUT2D eigenvalue weighted by molar-refractivity contribution is 6.01. The number of ketones is 1.